The molecule has 4 aliphatic heterocycles. The van der Waals surface area contributed by atoms with Crippen molar-refractivity contribution in [3.63, 3.8) is 0 Å². The van der Waals surface area contributed by atoms with Gasteiger partial charge in [0.25, 0.3) is 11.8 Å². The number of carbonyl (C=O) groups excluding carboxylic acids is 3. The molecule has 2 amide bonds. The average molecular weight is 1510 g/mol. The summed E-state index contributed by atoms with van der Waals surface area (Å²) in [6, 6.07) is 55.9. The highest BCUT2D eigenvalue weighted by atomic mass is 79.9. The molecule has 0 N–H and O–H groups in total. The first-order valence-corrected chi connectivity index (χ1v) is 36.7. The number of hydrazine groups is 2. The van der Waals surface area contributed by atoms with Gasteiger partial charge in [-0.1, -0.05) is 175 Å². The number of allylic oxidation sites excluding steroid dienone is 1. The Morgan fingerprint density at radius 3 is 1.22 bits per heavy atom. The van der Waals surface area contributed by atoms with Crippen LogP contribution in [0.25, 0.3) is 40.0 Å². The van der Waals surface area contributed by atoms with Crippen molar-refractivity contribution in [2.75, 3.05) is 45.4 Å². The largest absolute Gasteiger partial charge is 0.389 e. The fourth-order valence-electron chi connectivity index (χ4n) is 14.1. The molecule has 0 saturated carbocycles. The van der Waals surface area contributed by atoms with Crippen LogP contribution in [0.5, 0.6) is 0 Å². The number of carbonyl (C=O) groups is 3. The van der Waals surface area contributed by atoms with Crippen molar-refractivity contribution in [2.24, 2.45) is 0 Å². The van der Waals surface area contributed by atoms with Crippen molar-refractivity contribution in [3.8, 4) is 33.9 Å². The Hall–Kier alpha value is -6.98. The zero-order valence-corrected chi connectivity index (χ0v) is 60.6. The van der Waals surface area contributed by atoms with Gasteiger partial charge in [0.1, 0.15) is 29.5 Å². The number of benzene rings is 7. The lowest BCUT2D eigenvalue weighted by molar-refractivity contribution is -0.135. The smallest absolute Gasteiger partial charge is 0.311 e. The molecule has 9 aromatic rings. The Labute approximate surface area is 606 Å². The van der Waals surface area contributed by atoms with Gasteiger partial charge in [0.2, 0.25) is 0 Å². The van der Waals surface area contributed by atoms with Crippen LogP contribution >= 0.6 is 70.6 Å². The molecule has 4 aliphatic rings. The molecule has 7 aromatic carbocycles. The number of nitrogens with zero attached hydrogens (tertiary/aromatic N) is 6. The normalized spacial score (nSPS) is 15.4. The monoisotopic (exact) mass is 1510 g/mol. The fourth-order valence-corrected chi connectivity index (χ4v) is 19.4. The van der Waals surface area contributed by atoms with E-state index >= 15 is 0 Å². The van der Waals surface area contributed by atoms with Gasteiger partial charge in [-0.25, -0.2) is 10.0 Å². The van der Waals surface area contributed by atoms with Gasteiger partial charge in [-0.2, -0.15) is 26.3 Å². The summed E-state index contributed by atoms with van der Waals surface area (Å²) in [6.07, 6.45) is 2.95. The Bertz CT molecular complexity index is 4200. The molecule has 9 nitrogen and oxygen atoms in total. The third-order valence-electron chi connectivity index (χ3n) is 18.6. The van der Waals surface area contributed by atoms with Crippen molar-refractivity contribution in [2.45, 2.75) is 103 Å². The fraction of sp³-hybridized carbons (Fsp3) is 0.295. The second-order valence-corrected chi connectivity index (χ2v) is 30.3. The number of piperidine rings is 2. The van der Waals surface area contributed by atoms with Crippen LogP contribution in [0, 0.1) is 13.8 Å². The van der Waals surface area contributed by atoms with E-state index in [9.17, 15) is 40.7 Å². The number of amides is 2. The number of rotatable bonds is 16. The zero-order valence-electron chi connectivity index (χ0n) is 55.0. The van der Waals surface area contributed by atoms with Crippen LogP contribution in [0.2, 0.25) is 20.1 Å². The van der Waals surface area contributed by atoms with E-state index in [0.29, 0.717) is 56.9 Å². The van der Waals surface area contributed by atoms with Crippen LogP contribution in [0.15, 0.2) is 182 Å². The molecular formula is C78H77BrCl4F6N6O3P+. The molecule has 13 rings (SSSR count). The van der Waals surface area contributed by atoms with Crippen LogP contribution in [-0.4, -0.2) is 105 Å². The molecule has 0 spiro atoms. The summed E-state index contributed by atoms with van der Waals surface area (Å²) >= 11 is 25.7. The van der Waals surface area contributed by atoms with Gasteiger partial charge < -0.3 is 9.13 Å². The molecule has 518 valence electrons. The van der Waals surface area contributed by atoms with Crippen LogP contribution in [0.4, 0.5) is 26.3 Å². The minimum Gasteiger partial charge on any atom is -0.311 e. The average Bonchev–Trinajstić information content (AvgIpc) is 1.66. The molecule has 2 aromatic heterocycles. The highest BCUT2D eigenvalue weighted by molar-refractivity contribution is 8.93. The molecular weight excluding hydrogens is 1440 g/mol. The van der Waals surface area contributed by atoms with Crippen molar-refractivity contribution < 1.29 is 40.7 Å². The second-order valence-electron chi connectivity index (χ2n) is 25.0. The maximum atomic E-state index is 13.9. The minimum absolute atomic E-state index is 0. The van der Waals surface area contributed by atoms with Crippen LogP contribution in [0.3, 0.4) is 0 Å². The zero-order chi connectivity index (χ0) is 69.3. The molecule has 0 aliphatic carbocycles. The third kappa shape index (κ3) is 17.2. The number of hydrogen-bond acceptors (Lipinski definition) is 5. The summed E-state index contributed by atoms with van der Waals surface area (Å²) in [7, 11) is -2.14. The minimum atomic E-state index is -4.17. The van der Waals surface area contributed by atoms with Crippen molar-refractivity contribution in [3.05, 3.63) is 247 Å². The molecule has 6 heterocycles. The molecule has 0 bridgehead atoms. The predicted molar refractivity (Wildman–Crippen MR) is 398 cm³/mol. The highest BCUT2D eigenvalue weighted by Gasteiger charge is 2.46. The van der Waals surface area contributed by atoms with Gasteiger partial charge in [0.15, 0.2) is 0 Å². The number of fused-ring (bicyclic) bond motifs is 2. The number of aromatic nitrogens is 2. The maximum Gasteiger partial charge on any atom is 0.389 e. The summed E-state index contributed by atoms with van der Waals surface area (Å²) in [5, 5.41) is 13.7. The van der Waals surface area contributed by atoms with E-state index < -0.39 is 32.5 Å². The highest BCUT2D eigenvalue weighted by Crippen LogP contribution is 2.56. The van der Waals surface area contributed by atoms with Gasteiger partial charge in [-0.3, -0.25) is 24.4 Å². The van der Waals surface area contributed by atoms with E-state index in [1.165, 1.54) is 18.9 Å². The van der Waals surface area contributed by atoms with E-state index in [0.717, 1.165) is 148 Å². The number of alkyl halides is 6. The van der Waals surface area contributed by atoms with Gasteiger partial charge in [-0.15, -0.1) is 17.0 Å². The summed E-state index contributed by atoms with van der Waals surface area (Å²) in [5.74, 6) is 0.0511. The van der Waals surface area contributed by atoms with Crippen LogP contribution < -0.4 is 15.9 Å². The maximum absolute atomic E-state index is 13.9. The molecule has 2 fully saturated rings. The summed E-state index contributed by atoms with van der Waals surface area (Å²) < 4.78 is 80.1. The van der Waals surface area contributed by atoms with Crippen molar-refractivity contribution >= 4 is 111 Å². The van der Waals surface area contributed by atoms with E-state index in [1.807, 2.05) is 133 Å². The van der Waals surface area contributed by atoms with E-state index in [2.05, 4.69) is 55.6 Å². The second kappa shape index (κ2) is 33.2. The molecule has 21 heteroatoms. The quantitative estimate of drug-likeness (QED) is 0.0547. The molecule has 0 radical (unpaired) electrons. The molecule has 0 unspecified atom stereocenters. The van der Waals surface area contributed by atoms with Gasteiger partial charge in [0.05, 0.1) is 50.1 Å². The topological polar surface area (TPSA) is 74.0 Å². The Kier molecular flexibility index (Phi) is 25.1. The number of hydrogen-bond donors (Lipinski definition) is 0. The van der Waals surface area contributed by atoms with Gasteiger partial charge >= 0.3 is 12.4 Å². The van der Waals surface area contributed by atoms with Crippen LogP contribution in [-0.2, 0) is 12.8 Å². The van der Waals surface area contributed by atoms with Crippen LogP contribution in [0.1, 0.15) is 123 Å². The molecule has 2 saturated heterocycles. The standard InChI is InChI=1S/C30H30Cl2F3N3O.C26H25Cl2N3O2.C22H21F3P.BrH/c1-20-27-26(14-18-37(29(27)39)36-16-5-2-6-17-36)38(25-13-12-23(31)19-24(25)32)28(20)22-10-8-21(9-11-22)7-3-4-15-30(33,34)35;1-17-24-23(11-14-30(26(24)33)29-12-3-2-4-13-29)31(22-10-9-20(27)15-21(22)28)25(17)19-7-5-18(16-32)6-8-19;23-22(24,25)17-10-18-26(19-11-4-1-5-12-19,20-13-6-2-7-14-20)21-15-8-3-9-16-21;/h3,7-13,19H,2,4-6,14-18H2,1H3;5-10,15-16H,2-4,11-14H2,1H3;1-9,11-16H,10,17-18H2;1H/q;;+1;/b7-3+;;;. The Morgan fingerprint density at radius 1 is 0.475 bits per heavy atom. The predicted octanol–water partition coefficient (Wildman–Crippen LogP) is 20.4. The lowest BCUT2D eigenvalue weighted by Crippen LogP contribution is -2.51. The van der Waals surface area contributed by atoms with Gasteiger partial charge in [0, 0.05) is 91.9 Å². The first kappa shape index (κ1) is 74.7. The lowest BCUT2D eigenvalue weighted by Gasteiger charge is -2.39. The van der Waals surface area contributed by atoms with Crippen molar-refractivity contribution in [1.29, 1.82) is 0 Å². The first-order chi connectivity index (χ1) is 47.1. The Morgan fingerprint density at radius 2 is 0.859 bits per heavy atom. The number of aldehydes is 1. The summed E-state index contributed by atoms with van der Waals surface area (Å²) in [6.45, 7) is 8.82. The summed E-state index contributed by atoms with van der Waals surface area (Å²) in [4.78, 5) is 38.9. The third-order valence-corrected chi connectivity index (χ3v) is 24.2. The van der Waals surface area contributed by atoms with Crippen molar-refractivity contribution in [1.82, 2.24) is 29.2 Å². The SMILES string of the molecule is Br.Cc1c2c(n(-c3ccc(Cl)cc3Cl)c1-c1ccc(/C=C/CCC(F)(F)F)cc1)CCN(N1CCCCC1)C2=O.Cc1c2c(n(-c3ccc(Cl)cc3Cl)c1-c1ccc(C=O)cc1)CCN(N1CCCCC1)C2=O.FC(F)(F)CCC[P+](c1ccccc1)(c1ccccc1)c1ccccc1. The summed E-state index contributed by atoms with van der Waals surface area (Å²) in [5.41, 5.74) is 11.7. The number of halogens is 11. The lowest BCUT2D eigenvalue weighted by atomic mass is 10.0. The molecule has 0 atom stereocenters. The Balaban J connectivity index is 0.000000163. The van der Waals surface area contributed by atoms with E-state index in [1.54, 1.807) is 36.4 Å². The first-order valence-electron chi connectivity index (χ1n) is 33.2. The molecule has 99 heavy (non-hydrogen) atoms. The van der Waals surface area contributed by atoms with E-state index in [4.69, 9.17) is 46.4 Å². The van der Waals surface area contributed by atoms with Gasteiger partial charge in [-0.05, 0) is 153 Å². The van der Waals surface area contributed by atoms with E-state index in [-0.39, 0.29) is 41.6 Å².